The van der Waals surface area contributed by atoms with Crippen molar-refractivity contribution in [2.45, 2.75) is 45.1 Å². The van der Waals surface area contributed by atoms with E-state index in [4.69, 9.17) is 9.73 Å². The number of nitrogens with zero attached hydrogens (tertiary/aromatic N) is 2. The third-order valence-corrected chi connectivity index (χ3v) is 6.49. The first-order valence-electron chi connectivity index (χ1n) is 10.9. The van der Waals surface area contributed by atoms with Crippen molar-refractivity contribution in [1.29, 1.82) is 0 Å². The number of nitrogens with one attached hydrogen (secondary N) is 2. The van der Waals surface area contributed by atoms with E-state index >= 15 is 0 Å². The number of benzene rings is 1. The summed E-state index contributed by atoms with van der Waals surface area (Å²) in [6, 6.07) is 8.62. The third kappa shape index (κ3) is 8.92. The monoisotopic (exact) mass is 438 g/mol. The lowest BCUT2D eigenvalue weighted by Crippen LogP contribution is -2.49. The van der Waals surface area contributed by atoms with Crippen molar-refractivity contribution >= 4 is 15.8 Å². The maximum Gasteiger partial charge on any atom is 0.191 e. The summed E-state index contributed by atoms with van der Waals surface area (Å²) in [6.45, 7) is 8.35. The van der Waals surface area contributed by atoms with Gasteiger partial charge in [0.25, 0.3) is 0 Å². The number of methoxy groups -OCH3 is 1. The highest BCUT2D eigenvalue weighted by molar-refractivity contribution is 7.90. The lowest BCUT2D eigenvalue weighted by atomic mass is 9.98. The van der Waals surface area contributed by atoms with Crippen LogP contribution in [0.2, 0.25) is 0 Å². The largest absolute Gasteiger partial charge is 0.497 e. The number of rotatable bonds is 10. The van der Waals surface area contributed by atoms with Crippen LogP contribution in [-0.4, -0.2) is 77.2 Å². The van der Waals surface area contributed by atoms with Crippen LogP contribution in [0.4, 0.5) is 0 Å². The van der Waals surface area contributed by atoms with Gasteiger partial charge in [-0.1, -0.05) is 19.1 Å². The van der Waals surface area contributed by atoms with Crippen LogP contribution in [0.3, 0.4) is 0 Å². The molecule has 1 aromatic carbocycles. The van der Waals surface area contributed by atoms with Crippen molar-refractivity contribution in [1.82, 2.24) is 15.5 Å². The highest BCUT2D eigenvalue weighted by Gasteiger charge is 2.20. The normalized spacial score (nSPS) is 17.5. The Kier molecular flexibility index (Phi) is 9.91. The predicted molar refractivity (Wildman–Crippen MR) is 124 cm³/mol. The van der Waals surface area contributed by atoms with E-state index in [2.05, 4.69) is 41.5 Å². The Labute approximate surface area is 182 Å². The van der Waals surface area contributed by atoms with Crippen LogP contribution in [0.25, 0.3) is 0 Å². The van der Waals surface area contributed by atoms with Crippen LogP contribution in [0.1, 0.15) is 44.6 Å². The molecular weight excluding hydrogens is 400 g/mol. The van der Waals surface area contributed by atoms with Crippen LogP contribution < -0.4 is 15.4 Å². The number of hydrogen-bond donors (Lipinski definition) is 2. The van der Waals surface area contributed by atoms with Crippen LogP contribution in [0.15, 0.2) is 29.3 Å². The number of aliphatic imine (C=N–C) groups is 1. The molecule has 8 heteroatoms. The fourth-order valence-corrected chi connectivity index (χ4v) is 4.17. The first kappa shape index (κ1) is 24.5. The number of ether oxygens (including phenoxy) is 1. The van der Waals surface area contributed by atoms with Crippen LogP contribution in [0, 0.1) is 0 Å². The van der Waals surface area contributed by atoms with Crippen molar-refractivity contribution in [3.05, 3.63) is 29.8 Å². The van der Waals surface area contributed by atoms with E-state index in [-0.39, 0.29) is 5.75 Å². The summed E-state index contributed by atoms with van der Waals surface area (Å²) >= 11 is 0. The van der Waals surface area contributed by atoms with Crippen LogP contribution in [-0.2, 0) is 9.84 Å². The topological polar surface area (TPSA) is 83.0 Å². The summed E-state index contributed by atoms with van der Waals surface area (Å²) in [7, 11) is -1.21. The van der Waals surface area contributed by atoms with Gasteiger partial charge in [-0.15, -0.1) is 0 Å². The van der Waals surface area contributed by atoms with Gasteiger partial charge >= 0.3 is 0 Å². The van der Waals surface area contributed by atoms with Gasteiger partial charge in [0.1, 0.15) is 15.6 Å². The summed E-state index contributed by atoms with van der Waals surface area (Å²) < 4.78 is 27.9. The fourth-order valence-electron chi connectivity index (χ4n) is 3.58. The molecule has 0 saturated carbocycles. The second kappa shape index (κ2) is 12.2. The van der Waals surface area contributed by atoms with Crippen molar-refractivity contribution < 1.29 is 13.2 Å². The Morgan fingerprint density at radius 2 is 1.93 bits per heavy atom. The minimum atomic E-state index is -2.90. The molecule has 1 atom stereocenters. The molecular formula is C22H38N4O3S. The number of likely N-dealkylation sites (tertiary alicyclic amines) is 1. The number of guanidine groups is 1. The molecule has 1 saturated heterocycles. The highest BCUT2D eigenvalue weighted by atomic mass is 32.2. The Bertz CT molecular complexity index is 757. The smallest absolute Gasteiger partial charge is 0.191 e. The average molecular weight is 439 g/mol. The number of piperidine rings is 1. The van der Waals surface area contributed by atoms with Gasteiger partial charge in [-0.25, -0.2) is 8.42 Å². The maximum absolute atomic E-state index is 11.4. The first-order chi connectivity index (χ1) is 14.3. The molecule has 1 aliphatic heterocycles. The van der Waals surface area contributed by atoms with Gasteiger partial charge in [0.2, 0.25) is 0 Å². The summed E-state index contributed by atoms with van der Waals surface area (Å²) in [5.41, 5.74) is 1.30. The predicted octanol–water partition coefficient (Wildman–Crippen LogP) is 2.25. The van der Waals surface area contributed by atoms with Gasteiger partial charge in [0.15, 0.2) is 5.96 Å². The summed E-state index contributed by atoms with van der Waals surface area (Å²) in [6.07, 6.45) is 4.27. The molecule has 1 aliphatic rings. The van der Waals surface area contributed by atoms with E-state index in [0.29, 0.717) is 18.5 Å². The molecule has 1 heterocycles. The van der Waals surface area contributed by atoms with Crippen LogP contribution in [0.5, 0.6) is 5.75 Å². The van der Waals surface area contributed by atoms with E-state index in [9.17, 15) is 8.42 Å². The molecule has 2 rings (SSSR count). The molecule has 0 amide bonds. The van der Waals surface area contributed by atoms with Gasteiger partial charge in [-0.3, -0.25) is 4.99 Å². The highest BCUT2D eigenvalue weighted by Crippen LogP contribution is 2.21. The molecule has 0 bridgehead atoms. The van der Waals surface area contributed by atoms with Gasteiger partial charge in [-0.2, -0.15) is 0 Å². The van der Waals surface area contributed by atoms with E-state index in [0.717, 1.165) is 57.2 Å². The first-order valence-corrected chi connectivity index (χ1v) is 13.0. The zero-order chi connectivity index (χ0) is 22.0. The molecule has 1 aromatic rings. The Morgan fingerprint density at radius 3 is 2.50 bits per heavy atom. The van der Waals surface area contributed by atoms with Gasteiger partial charge in [0.05, 0.1) is 12.9 Å². The van der Waals surface area contributed by atoms with Crippen molar-refractivity contribution in [2.24, 2.45) is 4.99 Å². The SMILES string of the molecule is CCNC(=NCCC(C)c1ccc(OC)cc1)NC1CCN(CCS(C)(=O)=O)CC1. The van der Waals surface area contributed by atoms with Crippen molar-refractivity contribution in [2.75, 3.05) is 51.8 Å². The molecule has 30 heavy (non-hydrogen) atoms. The molecule has 170 valence electrons. The molecule has 0 radical (unpaired) electrons. The number of hydrogen-bond acceptors (Lipinski definition) is 5. The average Bonchev–Trinajstić information content (AvgIpc) is 2.73. The summed E-state index contributed by atoms with van der Waals surface area (Å²) in [5.74, 6) is 2.42. The van der Waals surface area contributed by atoms with E-state index < -0.39 is 9.84 Å². The molecule has 0 spiro atoms. The third-order valence-electron chi connectivity index (χ3n) is 5.57. The second-order valence-electron chi connectivity index (χ2n) is 8.11. The summed E-state index contributed by atoms with van der Waals surface area (Å²) in [4.78, 5) is 7.01. The molecule has 2 N–H and O–H groups in total. The summed E-state index contributed by atoms with van der Waals surface area (Å²) in [5, 5.41) is 6.90. The molecule has 0 aliphatic carbocycles. The van der Waals surface area contributed by atoms with Crippen molar-refractivity contribution in [3.63, 3.8) is 0 Å². The van der Waals surface area contributed by atoms with Crippen molar-refractivity contribution in [3.8, 4) is 5.75 Å². The van der Waals surface area contributed by atoms with E-state index in [1.807, 2.05) is 12.1 Å². The lowest BCUT2D eigenvalue weighted by Gasteiger charge is -2.32. The lowest BCUT2D eigenvalue weighted by molar-refractivity contribution is 0.216. The quantitative estimate of drug-likeness (QED) is 0.431. The molecule has 7 nitrogen and oxygen atoms in total. The standard InChI is InChI=1S/C22H38N4O3S/c1-5-23-22(24-13-10-18(2)19-6-8-21(29-3)9-7-19)25-20-11-14-26(15-12-20)16-17-30(4,27)28/h6-9,18,20H,5,10-17H2,1-4H3,(H2,23,24,25). The minimum Gasteiger partial charge on any atom is -0.497 e. The van der Waals surface area contributed by atoms with Gasteiger partial charge in [-0.05, 0) is 49.8 Å². The van der Waals surface area contributed by atoms with Crippen LogP contribution >= 0.6 is 0 Å². The molecule has 1 unspecified atom stereocenters. The number of sulfone groups is 1. The zero-order valence-corrected chi connectivity index (χ0v) is 19.7. The van der Waals surface area contributed by atoms with Gasteiger partial charge in [0, 0.05) is 45.0 Å². The fraction of sp³-hybridized carbons (Fsp3) is 0.682. The Morgan fingerprint density at radius 1 is 1.27 bits per heavy atom. The van der Waals surface area contributed by atoms with E-state index in [1.54, 1.807) is 7.11 Å². The molecule has 0 aromatic heterocycles. The minimum absolute atomic E-state index is 0.238. The zero-order valence-electron chi connectivity index (χ0n) is 18.9. The Hall–Kier alpha value is -1.80. The maximum atomic E-state index is 11.4. The Balaban J connectivity index is 1.78. The second-order valence-corrected chi connectivity index (χ2v) is 10.4. The molecule has 1 fully saturated rings. The van der Waals surface area contributed by atoms with Gasteiger partial charge < -0.3 is 20.3 Å². The van der Waals surface area contributed by atoms with E-state index in [1.165, 1.54) is 11.8 Å².